The molecule has 3 heteroatoms. The summed E-state index contributed by atoms with van der Waals surface area (Å²) in [5.41, 5.74) is 9.98. The van der Waals surface area contributed by atoms with Crippen molar-refractivity contribution < 1.29 is 0 Å². The molecule has 2 unspecified atom stereocenters. The lowest BCUT2D eigenvalue weighted by Crippen LogP contribution is -2.48. The molecule has 0 spiro atoms. The van der Waals surface area contributed by atoms with Gasteiger partial charge in [-0.15, -0.1) is 0 Å². The second kappa shape index (κ2) is 5.84. The molecule has 1 aliphatic rings. The summed E-state index contributed by atoms with van der Waals surface area (Å²) in [6.45, 7) is 7.28. The van der Waals surface area contributed by atoms with Crippen molar-refractivity contribution in [2.45, 2.75) is 52.0 Å². The summed E-state index contributed by atoms with van der Waals surface area (Å²) >= 11 is 3.63. The molecule has 0 saturated heterocycles. The first-order chi connectivity index (χ1) is 9.02. The molecule has 106 valence electrons. The predicted octanol–water partition coefficient (Wildman–Crippen LogP) is 4.39. The number of nitrogens with one attached hydrogen (secondary N) is 1. The average Bonchev–Trinajstić information content (AvgIpc) is 2.79. The summed E-state index contributed by atoms with van der Waals surface area (Å²) in [4.78, 5) is 0. The molecule has 2 atom stereocenters. The molecule has 3 N–H and O–H groups in total. The van der Waals surface area contributed by atoms with Gasteiger partial charge in [-0.1, -0.05) is 35.7 Å². The maximum Gasteiger partial charge on any atom is 0.0523 e. The quantitative estimate of drug-likeness (QED) is 0.862. The van der Waals surface area contributed by atoms with Crippen LogP contribution in [0.25, 0.3) is 0 Å². The minimum Gasteiger partial charge on any atom is -0.378 e. The maximum atomic E-state index is 6.12. The number of rotatable bonds is 4. The van der Waals surface area contributed by atoms with E-state index in [2.05, 4.69) is 54.2 Å². The molecule has 0 bridgehead atoms. The highest BCUT2D eigenvalue weighted by Crippen LogP contribution is 2.40. The van der Waals surface area contributed by atoms with E-state index in [1.54, 1.807) is 0 Å². The Morgan fingerprint density at radius 1 is 1.37 bits per heavy atom. The van der Waals surface area contributed by atoms with Gasteiger partial charge in [-0.2, -0.15) is 0 Å². The van der Waals surface area contributed by atoms with Crippen molar-refractivity contribution in [1.82, 2.24) is 0 Å². The molecule has 0 radical (unpaired) electrons. The van der Waals surface area contributed by atoms with Gasteiger partial charge in [0.1, 0.15) is 0 Å². The Morgan fingerprint density at radius 2 is 2.00 bits per heavy atom. The Balaban J connectivity index is 2.28. The zero-order valence-corrected chi connectivity index (χ0v) is 13.8. The van der Waals surface area contributed by atoms with Gasteiger partial charge in [0.2, 0.25) is 0 Å². The van der Waals surface area contributed by atoms with Crippen molar-refractivity contribution in [2.24, 2.45) is 11.7 Å². The van der Waals surface area contributed by atoms with E-state index in [0.717, 1.165) is 6.54 Å². The third kappa shape index (κ3) is 2.82. The summed E-state index contributed by atoms with van der Waals surface area (Å²) in [5.74, 6) is 0.696. The van der Waals surface area contributed by atoms with E-state index < -0.39 is 0 Å². The van der Waals surface area contributed by atoms with Crippen molar-refractivity contribution >= 4 is 21.6 Å². The average molecular weight is 325 g/mol. The fourth-order valence-electron chi connectivity index (χ4n) is 3.53. The van der Waals surface area contributed by atoms with E-state index in [4.69, 9.17) is 5.73 Å². The van der Waals surface area contributed by atoms with Crippen molar-refractivity contribution in [3.05, 3.63) is 27.7 Å². The van der Waals surface area contributed by atoms with Crippen LogP contribution >= 0.6 is 15.9 Å². The van der Waals surface area contributed by atoms with E-state index >= 15 is 0 Å². The smallest absolute Gasteiger partial charge is 0.0523 e. The fourth-order valence-corrected chi connectivity index (χ4v) is 3.76. The van der Waals surface area contributed by atoms with Gasteiger partial charge >= 0.3 is 0 Å². The highest BCUT2D eigenvalue weighted by atomic mass is 79.9. The lowest BCUT2D eigenvalue weighted by molar-refractivity contribution is 0.346. The van der Waals surface area contributed by atoms with Gasteiger partial charge in [0, 0.05) is 16.7 Å². The first-order valence-corrected chi connectivity index (χ1v) is 8.06. The number of hydrogen-bond donors (Lipinski definition) is 2. The maximum absolute atomic E-state index is 6.12. The van der Waals surface area contributed by atoms with Crippen molar-refractivity contribution in [3.63, 3.8) is 0 Å². The van der Waals surface area contributed by atoms with Crippen LogP contribution in [0.3, 0.4) is 0 Å². The van der Waals surface area contributed by atoms with Gasteiger partial charge in [-0.05, 0) is 55.9 Å². The molecule has 1 saturated carbocycles. The monoisotopic (exact) mass is 324 g/mol. The first-order valence-electron chi connectivity index (χ1n) is 7.27. The number of aryl methyl sites for hydroxylation is 2. The third-order valence-electron chi connectivity index (χ3n) is 4.64. The lowest BCUT2D eigenvalue weighted by Gasteiger charge is -2.36. The van der Waals surface area contributed by atoms with Crippen molar-refractivity contribution in [3.8, 4) is 0 Å². The summed E-state index contributed by atoms with van der Waals surface area (Å²) in [7, 11) is 0. The molecule has 1 aliphatic carbocycles. The highest BCUT2D eigenvalue weighted by molar-refractivity contribution is 9.10. The Labute approximate surface area is 125 Å². The Hall–Kier alpha value is -0.540. The van der Waals surface area contributed by atoms with Crippen molar-refractivity contribution in [2.75, 3.05) is 11.9 Å². The van der Waals surface area contributed by atoms with E-state index in [1.165, 1.54) is 47.0 Å². The minimum absolute atomic E-state index is 0.0987. The minimum atomic E-state index is 0.0987. The zero-order chi connectivity index (χ0) is 14.0. The van der Waals surface area contributed by atoms with Crippen LogP contribution in [0.15, 0.2) is 16.6 Å². The Bertz CT molecular complexity index is 435. The Kier molecular flexibility index (Phi) is 4.57. The topological polar surface area (TPSA) is 38.0 Å². The summed E-state index contributed by atoms with van der Waals surface area (Å²) < 4.78 is 1.21. The van der Waals surface area contributed by atoms with Crippen LogP contribution in [0.4, 0.5) is 5.69 Å². The molecule has 2 rings (SSSR count). The second-order valence-electron chi connectivity index (χ2n) is 5.91. The zero-order valence-electron chi connectivity index (χ0n) is 12.2. The molecule has 0 heterocycles. The first kappa shape index (κ1) is 14.9. The highest BCUT2D eigenvalue weighted by Gasteiger charge is 2.40. The lowest BCUT2D eigenvalue weighted by atomic mass is 9.84. The standard InChI is InChI=1S/C16H25BrN2/c1-4-13-6-5-7-16(13,10-18)19-14-8-11(2)15(17)12(3)9-14/h8-9,13,19H,4-7,10,18H2,1-3H3. The van der Waals surface area contributed by atoms with Crippen LogP contribution in [0.5, 0.6) is 0 Å². The largest absolute Gasteiger partial charge is 0.378 e. The molecule has 2 nitrogen and oxygen atoms in total. The van der Waals surface area contributed by atoms with E-state index in [0.29, 0.717) is 5.92 Å². The molecule has 0 aliphatic heterocycles. The number of halogens is 1. The van der Waals surface area contributed by atoms with Gasteiger partial charge in [0.25, 0.3) is 0 Å². The molecule has 1 aromatic carbocycles. The number of anilines is 1. The van der Waals surface area contributed by atoms with E-state index in [-0.39, 0.29) is 5.54 Å². The SMILES string of the molecule is CCC1CCCC1(CN)Nc1cc(C)c(Br)c(C)c1. The van der Waals surface area contributed by atoms with Gasteiger partial charge in [-0.3, -0.25) is 0 Å². The van der Waals surface area contributed by atoms with Gasteiger partial charge < -0.3 is 11.1 Å². The van der Waals surface area contributed by atoms with Gasteiger partial charge in [0.05, 0.1) is 5.54 Å². The van der Waals surface area contributed by atoms with Crippen LogP contribution < -0.4 is 11.1 Å². The fraction of sp³-hybridized carbons (Fsp3) is 0.625. The third-order valence-corrected chi connectivity index (χ3v) is 5.89. The van der Waals surface area contributed by atoms with E-state index in [1.807, 2.05) is 0 Å². The predicted molar refractivity (Wildman–Crippen MR) is 86.7 cm³/mol. The van der Waals surface area contributed by atoms with Gasteiger partial charge in [-0.25, -0.2) is 0 Å². The molecule has 19 heavy (non-hydrogen) atoms. The van der Waals surface area contributed by atoms with Crippen LogP contribution in [-0.2, 0) is 0 Å². The van der Waals surface area contributed by atoms with Crippen LogP contribution in [0.2, 0.25) is 0 Å². The number of benzene rings is 1. The van der Waals surface area contributed by atoms with Crippen LogP contribution in [-0.4, -0.2) is 12.1 Å². The summed E-state index contributed by atoms with van der Waals surface area (Å²) in [6, 6.07) is 4.44. The van der Waals surface area contributed by atoms with Crippen LogP contribution in [0.1, 0.15) is 43.7 Å². The Morgan fingerprint density at radius 3 is 2.53 bits per heavy atom. The molecule has 1 fully saturated rings. The summed E-state index contributed by atoms with van der Waals surface area (Å²) in [6.07, 6.45) is 4.99. The number of hydrogen-bond acceptors (Lipinski definition) is 2. The molecular formula is C16H25BrN2. The number of nitrogens with two attached hydrogens (primary N) is 1. The van der Waals surface area contributed by atoms with Crippen molar-refractivity contribution in [1.29, 1.82) is 0 Å². The van der Waals surface area contributed by atoms with Crippen LogP contribution in [0, 0.1) is 19.8 Å². The second-order valence-corrected chi connectivity index (χ2v) is 6.70. The molecule has 1 aromatic rings. The normalized spacial score (nSPS) is 26.7. The molecular weight excluding hydrogens is 300 g/mol. The summed E-state index contributed by atoms with van der Waals surface area (Å²) in [5, 5.41) is 3.77. The molecule has 0 amide bonds. The molecule has 0 aromatic heterocycles. The van der Waals surface area contributed by atoms with Gasteiger partial charge in [0.15, 0.2) is 0 Å². The van der Waals surface area contributed by atoms with E-state index in [9.17, 15) is 0 Å².